The molecule has 4 atom stereocenters. The van der Waals surface area contributed by atoms with E-state index in [4.69, 9.17) is 0 Å². The molecule has 1 saturated heterocycles. The number of nitrogens with one attached hydrogen (secondary N) is 2. The Labute approximate surface area is 184 Å². The molecule has 2 bridgehead atoms. The van der Waals surface area contributed by atoms with E-state index in [1.165, 1.54) is 25.9 Å². The van der Waals surface area contributed by atoms with E-state index >= 15 is 0 Å². The van der Waals surface area contributed by atoms with Crippen LogP contribution in [0.25, 0.3) is 0 Å². The van der Waals surface area contributed by atoms with Crippen molar-refractivity contribution in [2.45, 2.75) is 45.4 Å². The minimum absolute atomic E-state index is 0.0389. The number of aryl methyl sites for hydroxylation is 1. The summed E-state index contributed by atoms with van der Waals surface area (Å²) in [5.74, 6) is -0.136. The van der Waals surface area contributed by atoms with Crippen molar-refractivity contribution in [3.8, 4) is 0 Å². The van der Waals surface area contributed by atoms with Crippen LogP contribution in [0.2, 0.25) is 0 Å². The van der Waals surface area contributed by atoms with E-state index in [0.29, 0.717) is 12.2 Å². The lowest BCUT2D eigenvalue weighted by Crippen LogP contribution is -2.42. The summed E-state index contributed by atoms with van der Waals surface area (Å²) in [7, 11) is 0. The van der Waals surface area contributed by atoms with Crippen LogP contribution < -0.4 is 10.6 Å². The van der Waals surface area contributed by atoms with E-state index in [-0.39, 0.29) is 40.9 Å². The average Bonchev–Trinajstić information content (AvgIpc) is 3.12. The van der Waals surface area contributed by atoms with Crippen LogP contribution in [-0.4, -0.2) is 47.9 Å². The average molecular weight is 423 g/mol. The van der Waals surface area contributed by atoms with Gasteiger partial charge >= 0.3 is 0 Å². The highest BCUT2D eigenvalue weighted by atomic mass is 16.2. The topological polar surface area (TPSA) is 74.3 Å². The zero-order valence-corrected chi connectivity index (χ0v) is 18.5. The highest BCUT2D eigenvalue weighted by Gasteiger charge is 2.69. The molecule has 2 amide bonds. The van der Waals surface area contributed by atoms with Crippen LogP contribution in [0.5, 0.6) is 0 Å². The molecule has 2 N–H and O–H groups in total. The van der Waals surface area contributed by atoms with Crippen LogP contribution in [0.1, 0.15) is 44.2 Å². The first-order valence-electron chi connectivity index (χ1n) is 12.0. The van der Waals surface area contributed by atoms with Crippen LogP contribution in [0.4, 0.5) is 5.69 Å². The number of hydrogen-bond donors (Lipinski definition) is 2. The second-order valence-electron chi connectivity index (χ2n) is 9.95. The molecule has 6 nitrogen and oxygen atoms in total. The number of hydrogen-bond acceptors (Lipinski definition) is 4. The van der Waals surface area contributed by atoms with E-state index in [9.17, 15) is 9.59 Å². The number of unbranched alkanes of at least 4 members (excludes halogenated alkanes) is 1. The van der Waals surface area contributed by atoms with Crippen molar-refractivity contribution in [1.29, 1.82) is 0 Å². The highest BCUT2D eigenvalue weighted by Crippen LogP contribution is 2.72. The number of likely N-dealkylation sites (tertiary alicyclic amines) is 1. The maximum atomic E-state index is 13.3. The third kappa shape index (κ3) is 3.91. The lowest BCUT2D eigenvalue weighted by atomic mass is 9.81. The molecule has 0 radical (unpaired) electrons. The molecule has 0 aromatic carbocycles. The van der Waals surface area contributed by atoms with E-state index in [0.717, 1.165) is 37.9 Å². The Morgan fingerprint density at radius 3 is 2.42 bits per heavy atom. The van der Waals surface area contributed by atoms with Gasteiger partial charge in [0.15, 0.2) is 0 Å². The number of anilines is 1. The van der Waals surface area contributed by atoms with Gasteiger partial charge in [-0.15, -0.1) is 0 Å². The van der Waals surface area contributed by atoms with Gasteiger partial charge in [-0.05, 0) is 94.5 Å². The number of nitrogens with zero attached hydrogens (tertiary/aromatic N) is 2. The summed E-state index contributed by atoms with van der Waals surface area (Å²) in [4.78, 5) is 33.3. The third-order valence-electron chi connectivity index (χ3n) is 8.02. The van der Waals surface area contributed by atoms with E-state index in [1.807, 2.05) is 19.1 Å². The minimum Gasteiger partial charge on any atom is -0.356 e. The van der Waals surface area contributed by atoms with Gasteiger partial charge in [-0.2, -0.15) is 0 Å². The molecule has 166 valence electrons. The Kier molecular flexibility index (Phi) is 5.59. The molecular formula is C25H34N4O2. The normalized spacial score (nSPS) is 30.1. The summed E-state index contributed by atoms with van der Waals surface area (Å²) in [5, 5.41) is 6.21. The summed E-state index contributed by atoms with van der Waals surface area (Å²) in [6, 6.07) is 3.77. The number of aromatic nitrogens is 1. The summed E-state index contributed by atoms with van der Waals surface area (Å²) in [6.45, 7) is 6.20. The Balaban J connectivity index is 1.20. The first-order valence-corrected chi connectivity index (χ1v) is 12.0. The zero-order valence-electron chi connectivity index (χ0n) is 18.5. The van der Waals surface area contributed by atoms with Gasteiger partial charge in [0.2, 0.25) is 11.8 Å². The molecule has 31 heavy (non-hydrogen) atoms. The van der Waals surface area contributed by atoms with Gasteiger partial charge in [-0.3, -0.25) is 14.6 Å². The van der Waals surface area contributed by atoms with Gasteiger partial charge in [0.1, 0.15) is 0 Å². The maximum absolute atomic E-state index is 13.3. The number of pyridine rings is 1. The van der Waals surface area contributed by atoms with Crippen LogP contribution in [0.15, 0.2) is 30.5 Å². The van der Waals surface area contributed by atoms with Crippen molar-refractivity contribution in [3.63, 3.8) is 0 Å². The minimum atomic E-state index is -0.289. The van der Waals surface area contributed by atoms with Gasteiger partial charge in [0, 0.05) is 12.2 Å². The van der Waals surface area contributed by atoms with Crippen molar-refractivity contribution in [1.82, 2.24) is 15.2 Å². The van der Waals surface area contributed by atoms with Crippen molar-refractivity contribution in [3.05, 3.63) is 36.2 Å². The van der Waals surface area contributed by atoms with Gasteiger partial charge in [0.05, 0.1) is 23.7 Å². The smallest absolute Gasteiger partial charge is 0.228 e. The standard InChI is InChI=1S/C25H34N4O2/c1-17-6-7-18(16-27-17)28-24(31)22-20-9-8-19(25(20)10-11-25)21(22)23(30)26-12-2-3-13-29-14-4-5-15-29/h6-9,16,19-22H,2-5,10-15H2,1H3,(H,26,30)(H,28,31)/t19-,20+,21-,22-/m1/s1. The van der Waals surface area contributed by atoms with Crippen LogP contribution in [-0.2, 0) is 9.59 Å². The van der Waals surface area contributed by atoms with Crippen molar-refractivity contribution >= 4 is 17.5 Å². The fourth-order valence-corrected chi connectivity index (χ4v) is 6.27. The van der Waals surface area contributed by atoms with Crippen LogP contribution in [0.3, 0.4) is 0 Å². The first kappa shape index (κ1) is 20.7. The predicted molar refractivity (Wildman–Crippen MR) is 120 cm³/mol. The Morgan fingerprint density at radius 2 is 1.77 bits per heavy atom. The maximum Gasteiger partial charge on any atom is 0.228 e. The Hall–Kier alpha value is -2.21. The predicted octanol–water partition coefficient (Wildman–Crippen LogP) is 3.15. The molecule has 1 aromatic heterocycles. The van der Waals surface area contributed by atoms with Crippen molar-refractivity contribution < 1.29 is 9.59 Å². The fourth-order valence-electron chi connectivity index (χ4n) is 6.27. The van der Waals surface area contributed by atoms with E-state index in [1.54, 1.807) is 6.20 Å². The molecule has 3 aliphatic carbocycles. The van der Waals surface area contributed by atoms with Gasteiger partial charge in [0.25, 0.3) is 0 Å². The number of amides is 2. The molecular weight excluding hydrogens is 388 g/mol. The molecule has 2 heterocycles. The number of carbonyl (C=O) groups is 2. The molecule has 1 aromatic rings. The second-order valence-corrected chi connectivity index (χ2v) is 9.95. The third-order valence-corrected chi connectivity index (χ3v) is 8.02. The summed E-state index contributed by atoms with van der Waals surface area (Å²) in [5.41, 5.74) is 1.78. The SMILES string of the molecule is Cc1ccc(NC(=O)[C@H]2[C@H](C(=O)NCCCCN3CCCC3)[C@H]3C=C[C@@H]2C32CC2)cn1. The lowest BCUT2D eigenvalue weighted by molar-refractivity contribution is -0.132. The largest absolute Gasteiger partial charge is 0.356 e. The van der Waals surface area contributed by atoms with E-state index < -0.39 is 0 Å². The van der Waals surface area contributed by atoms with Gasteiger partial charge in [-0.1, -0.05) is 12.2 Å². The van der Waals surface area contributed by atoms with Crippen molar-refractivity contribution in [2.24, 2.45) is 29.1 Å². The molecule has 4 aliphatic rings. The molecule has 3 fully saturated rings. The first-order chi connectivity index (χ1) is 15.1. The highest BCUT2D eigenvalue weighted by molar-refractivity contribution is 5.97. The van der Waals surface area contributed by atoms with Crippen LogP contribution >= 0.6 is 0 Å². The Morgan fingerprint density at radius 1 is 1.06 bits per heavy atom. The molecule has 6 heteroatoms. The zero-order chi connectivity index (χ0) is 21.4. The molecule has 0 unspecified atom stereocenters. The summed E-state index contributed by atoms with van der Waals surface area (Å²) >= 11 is 0. The quantitative estimate of drug-likeness (QED) is 0.499. The van der Waals surface area contributed by atoms with Crippen molar-refractivity contribution in [2.75, 3.05) is 31.5 Å². The fraction of sp³-hybridized carbons (Fsp3) is 0.640. The van der Waals surface area contributed by atoms with Gasteiger partial charge in [-0.25, -0.2) is 0 Å². The van der Waals surface area contributed by atoms with Crippen LogP contribution in [0, 0.1) is 36.0 Å². The monoisotopic (exact) mass is 422 g/mol. The summed E-state index contributed by atoms with van der Waals surface area (Å²) < 4.78 is 0. The molecule has 2 saturated carbocycles. The molecule has 1 spiro atoms. The number of carbonyl (C=O) groups excluding carboxylic acids is 2. The molecule has 5 rings (SSSR count). The summed E-state index contributed by atoms with van der Waals surface area (Å²) in [6.07, 6.45) is 13.1. The van der Waals surface area contributed by atoms with Gasteiger partial charge < -0.3 is 15.5 Å². The Bertz CT molecular complexity index is 855. The second kappa shape index (κ2) is 8.38. The lowest BCUT2D eigenvalue weighted by Gasteiger charge is -2.26. The molecule has 1 aliphatic heterocycles. The number of allylic oxidation sites excluding steroid dienone is 2. The van der Waals surface area contributed by atoms with E-state index in [2.05, 4.69) is 32.7 Å². The number of rotatable bonds is 8.